The molecule has 4 heteroatoms. The lowest BCUT2D eigenvalue weighted by atomic mass is 10.0. The van der Waals surface area contributed by atoms with E-state index in [9.17, 15) is 5.11 Å². The van der Waals surface area contributed by atoms with Crippen LogP contribution in [0.2, 0.25) is 0 Å². The zero-order chi connectivity index (χ0) is 15.0. The predicted molar refractivity (Wildman–Crippen MR) is 85.0 cm³/mol. The molecule has 2 heterocycles. The first-order valence-corrected chi connectivity index (χ1v) is 7.93. The van der Waals surface area contributed by atoms with Crippen molar-refractivity contribution in [1.82, 2.24) is 4.90 Å². The average molecular weight is 290 g/mol. The predicted octanol–water partition coefficient (Wildman–Crippen LogP) is 2.42. The van der Waals surface area contributed by atoms with Crippen LogP contribution in [0.1, 0.15) is 37.9 Å². The van der Waals surface area contributed by atoms with Crippen molar-refractivity contribution in [3.05, 3.63) is 23.8 Å². The van der Waals surface area contributed by atoms with E-state index in [-0.39, 0.29) is 0 Å². The monoisotopic (exact) mass is 290 g/mol. The van der Waals surface area contributed by atoms with Crippen molar-refractivity contribution in [3.8, 4) is 5.75 Å². The van der Waals surface area contributed by atoms with Gasteiger partial charge in [-0.15, -0.1) is 0 Å². The van der Waals surface area contributed by atoms with Crippen LogP contribution in [-0.2, 0) is 0 Å². The van der Waals surface area contributed by atoms with Crippen molar-refractivity contribution in [2.24, 2.45) is 0 Å². The number of aliphatic hydroxyl groups is 1. The Hall–Kier alpha value is -1.26. The van der Waals surface area contributed by atoms with Gasteiger partial charge in [-0.05, 0) is 45.4 Å². The molecular weight excluding hydrogens is 264 g/mol. The molecule has 1 N–H and O–H groups in total. The summed E-state index contributed by atoms with van der Waals surface area (Å²) in [6.07, 6.45) is 3.29. The lowest BCUT2D eigenvalue weighted by Gasteiger charge is -2.30. The molecule has 1 aromatic carbocycles. The molecule has 0 spiro atoms. The van der Waals surface area contributed by atoms with Gasteiger partial charge in [-0.25, -0.2) is 0 Å². The second-order valence-electron chi connectivity index (χ2n) is 6.35. The van der Waals surface area contributed by atoms with E-state index < -0.39 is 6.10 Å². The molecule has 116 valence electrons. The van der Waals surface area contributed by atoms with Gasteiger partial charge in [0.05, 0.1) is 13.2 Å². The number of methoxy groups -OCH3 is 1. The van der Waals surface area contributed by atoms with Crippen molar-refractivity contribution in [2.75, 3.05) is 32.1 Å². The number of rotatable bonds is 3. The number of benzene rings is 1. The summed E-state index contributed by atoms with van der Waals surface area (Å²) in [5, 5.41) is 10.2. The molecule has 2 saturated heterocycles. The largest absolute Gasteiger partial charge is 0.496 e. The standard InChI is InChI=1S/C17H26N2O2/c1-12(20)17-15(5-4-6-16(17)21-3)19-10-9-13-7-8-14(11-19)18(13)2/h4-6,12-14,20H,7-11H2,1-3H3. The molecular formula is C17H26N2O2. The molecule has 3 rings (SSSR count). The molecule has 3 unspecified atom stereocenters. The molecule has 2 fully saturated rings. The molecule has 0 aromatic heterocycles. The van der Waals surface area contributed by atoms with E-state index in [2.05, 4.69) is 22.9 Å². The summed E-state index contributed by atoms with van der Waals surface area (Å²) in [5.74, 6) is 0.783. The molecule has 0 amide bonds. The highest BCUT2D eigenvalue weighted by atomic mass is 16.5. The Bertz CT molecular complexity index is 504. The van der Waals surface area contributed by atoms with E-state index in [0.29, 0.717) is 6.04 Å². The zero-order valence-electron chi connectivity index (χ0n) is 13.2. The van der Waals surface area contributed by atoms with E-state index in [1.165, 1.54) is 19.3 Å². The first-order chi connectivity index (χ1) is 10.1. The maximum atomic E-state index is 10.2. The van der Waals surface area contributed by atoms with Crippen molar-refractivity contribution in [1.29, 1.82) is 0 Å². The Balaban J connectivity index is 1.93. The number of aliphatic hydroxyl groups excluding tert-OH is 1. The normalized spacial score (nSPS) is 27.5. The van der Waals surface area contributed by atoms with E-state index in [4.69, 9.17) is 4.74 Å². The number of nitrogens with zero attached hydrogens (tertiary/aromatic N) is 2. The van der Waals surface area contributed by atoms with Crippen molar-refractivity contribution < 1.29 is 9.84 Å². The van der Waals surface area contributed by atoms with Gasteiger partial charge in [0.25, 0.3) is 0 Å². The van der Waals surface area contributed by atoms with Gasteiger partial charge in [0.1, 0.15) is 5.75 Å². The topological polar surface area (TPSA) is 35.9 Å². The van der Waals surface area contributed by atoms with Crippen LogP contribution in [-0.4, -0.2) is 49.3 Å². The highest BCUT2D eigenvalue weighted by molar-refractivity contribution is 5.60. The Morgan fingerprint density at radius 2 is 2.00 bits per heavy atom. The summed E-state index contributed by atoms with van der Waals surface area (Å²) in [5.41, 5.74) is 2.05. The highest BCUT2D eigenvalue weighted by Gasteiger charge is 2.35. The van der Waals surface area contributed by atoms with E-state index in [0.717, 1.165) is 36.1 Å². The first-order valence-electron chi connectivity index (χ1n) is 7.93. The Kier molecular flexibility index (Phi) is 4.09. The number of hydrogen-bond donors (Lipinski definition) is 1. The fourth-order valence-electron chi connectivity index (χ4n) is 3.93. The van der Waals surface area contributed by atoms with Gasteiger partial charge in [0.2, 0.25) is 0 Å². The molecule has 0 aliphatic carbocycles. The van der Waals surface area contributed by atoms with E-state index in [1.807, 2.05) is 19.1 Å². The van der Waals surface area contributed by atoms with E-state index >= 15 is 0 Å². The van der Waals surface area contributed by atoms with Crippen LogP contribution in [0, 0.1) is 0 Å². The molecule has 0 saturated carbocycles. The minimum Gasteiger partial charge on any atom is -0.496 e. The second-order valence-corrected chi connectivity index (χ2v) is 6.35. The summed E-state index contributed by atoms with van der Waals surface area (Å²) in [7, 11) is 3.93. The molecule has 3 atom stereocenters. The SMILES string of the molecule is COc1cccc(N2CCC3CCC(C2)N3C)c1C(C)O. The number of fused-ring (bicyclic) bond motifs is 2. The third-order valence-corrected chi connectivity index (χ3v) is 5.17. The molecule has 1 aromatic rings. The minimum atomic E-state index is -0.519. The lowest BCUT2D eigenvalue weighted by Crippen LogP contribution is -2.37. The van der Waals surface area contributed by atoms with Crippen LogP contribution in [0.3, 0.4) is 0 Å². The third-order valence-electron chi connectivity index (χ3n) is 5.17. The minimum absolute atomic E-state index is 0.519. The van der Waals surface area contributed by atoms with Crippen molar-refractivity contribution >= 4 is 5.69 Å². The smallest absolute Gasteiger partial charge is 0.126 e. The maximum Gasteiger partial charge on any atom is 0.126 e. The fourth-order valence-corrected chi connectivity index (χ4v) is 3.93. The van der Waals surface area contributed by atoms with Crippen LogP contribution in [0.5, 0.6) is 5.75 Å². The van der Waals surface area contributed by atoms with Crippen LogP contribution in [0.15, 0.2) is 18.2 Å². The summed E-state index contributed by atoms with van der Waals surface area (Å²) < 4.78 is 5.46. The number of hydrogen-bond acceptors (Lipinski definition) is 4. The number of anilines is 1. The molecule has 2 aliphatic heterocycles. The van der Waals surface area contributed by atoms with Gasteiger partial charge in [-0.2, -0.15) is 0 Å². The van der Waals surface area contributed by atoms with Gasteiger partial charge in [-0.3, -0.25) is 4.90 Å². The van der Waals surface area contributed by atoms with Gasteiger partial charge in [0.15, 0.2) is 0 Å². The molecule has 21 heavy (non-hydrogen) atoms. The summed E-state index contributed by atoms with van der Waals surface area (Å²) >= 11 is 0. The second kappa shape index (κ2) is 5.85. The van der Waals surface area contributed by atoms with Crippen molar-refractivity contribution in [3.63, 3.8) is 0 Å². The molecule has 0 radical (unpaired) electrons. The summed E-state index contributed by atoms with van der Waals surface area (Å²) in [4.78, 5) is 4.98. The number of ether oxygens (including phenoxy) is 1. The lowest BCUT2D eigenvalue weighted by molar-refractivity contribution is 0.194. The van der Waals surface area contributed by atoms with Gasteiger partial charge in [0, 0.05) is 36.4 Å². The van der Waals surface area contributed by atoms with Crippen molar-refractivity contribution in [2.45, 2.75) is 44.4 Å². The zero-order valence-corrected chi connectivity index (χ0v) is 13.2. The highest BCUT2D eigenvalue weighted by Crippen LogP contribution is 2.37. The van der Waals surface area contributed by atoms with Gasteiger partial charge < -0.3 is 14.7 Å². The fraction of sp³-hybridized carbons (Fsp3) is 0.647. The quantitative estimate of drug-likeness (QED) is 0.927. The number of likely N-dealkylation sites (N-methyl/N-ethyl adjacent to an activating group) is 1. The van der Waals surface area contributed by atoms with Crippen LogP contribution in [0.25, 0.3) is 0 Å². The summed E-state index contributed by atoms with van der Waals surface area (Å²) in [6, 6.07) is 7.42. The molecule has 4 nitrogen and oxygen atoms in total. The summed E-state index contributed by atoms with van der Waals surface area (Å²) in [6.45, 7) is 3.91. The average Bonchev–Trinajstić information content (AvgIpc) is 2.71. The third kappa shape index (κ3) is 2.62. The maximum absolute atomic E-state index is 10.2. The first kappa shape index (κ1) is 14.7. The van der Waals surface area contributed by atoms with Gasteiger partial charge in [-0.1, -0.05) is 6.07 Å². The van der Waals surface area contributed by atoms with Gasteiger partial charge >= 0.3 is 0 Å². The van der Waals surface area contributed by atoms with Crippen LogP contribution >= 0.6 is 0 Å². The Labute approximate surface area is 127 Å². The molecule has 2 bridgehead atoms. The van der Waals surface area contributed by atoms with Crippen LogP contribution < -0.4 is 9.64 Å². The Morgan fingerprint density at radius 3 is 2.71 bits per heavy atom. The van der Waals surface area contributed by atoms with Crippen LogP contribution in [0.4, 0.5) is 5.69 Å². The Morgan fingerprint density at radius 1 is 1.24 bits per heavy atom. The van der Waals surface area contributed by atoms with E-state index in [1.54, 1.807) is 7.11 Å². The molecule has 2 aliphatic rings.